The van der Waals surface area contributed by atoms with Crippen LogP contribution in [0.4, 0.5) is 0 Å². The fourth-order valence-electron chi connectivity index (χ4n) is 4.80. The lowest BCUT2D eigenvalue weighted by atomic mass is 9.82. The maximum absolute atomic E-state index is 4.98. The van der Waals surface area contributed by atoms with Gasteiger partial charge in [0.2, 0.25) is 0 Å². The second-order valence-corrected chi connectivity index (χ2v) is 8.20. The van der Waals surface area contributed by atoms with E-state index in [4.69, 9.17) is 4.99 Å². The SMILES string of the molecule is Cc1nnc(CN=C(NC2CCCC2)N2CC3CCCCC3C2)n1C. The minimum Gasteiger partial charge on any atom is -0.353 e. The Balaban J connectivity index is 1.49. The van der Waals surface area contributed by atoms with Gasteiger partial charge in [0.05, 0.1) is 0 Å². The minimum absolute atomic E-state index is 0.600. The molecular weight excluding hydrogens is 312 g/mol. The number of guanidine groups is 1. The van der Waals surface area contributed by atoms with E-state index in [1.807, 2.05) is 18.5 Å². The molecule has 1 aliphatic heterocycles. The van der Waals surface area contributed by atoms with Crippen molar-refractivity contribution >= 4 is 5.96 Å². The molecular formula is C19H32N6. The normalized spacial score (nSPS) is 27.8. The van der Waals surface area contributed by atoms with Crippen LogP contribution < -0.4 is 5.32 Å². The molecule has 1 saturated heterocycles. The Bertz CT molecular complexity index is 601. The summed E-state index contributed by atoms with van der Waals surface area (Å²) in [5, 5.41) is 12.2. The van der Waals surface area contributed by atoms with Gasteiger partial charge in [0.1, 0.15) is 12.4 Å². The number of aryl methyl sites for hydroxylation is 1. The van der Waals surface area contributed by atoms with Crippen LogP contribution in [0.15, 0.2) is 4.99 Å². The first-order valence-corrected chi connectivity index (χ1v) is 10.1. The van der Waals surface area contributed by atoms with E-state index in [-0.39, 0.29) is 0 Å². The highest BCUT2D eigenvalue weighted by molar-refractivity contribution is 5.80. The topological polar surface area (TPSA) is 58.3 Å². The van der Waals surface area contributed by atoms with Gasteiger partial charge in [-0.3, -0.25) is 0 Å². The van der Waals surface area contributed by atoms with Crippen molar-refractivity contribution < 1.29 is 0 Å². The molecule has 6 nitrogen and oxygen atoms in total. The molecule has 2 heterocycles. The van der Waals surface area contributed by atoms with Crippen LogP contribution in [0.25, 0.3) is 0 Å². The van der Waals surface area contributed by atoms with E-state index in [2.05, 4.69) is 20.4 Å². The molecule has 25 heavy (non-hydrogen) atoms. The molecule has 0 aromatic carbocycles. The lowest BCUT2D eigenvalue weighted by Crippen LogP contribution is -2.44. The number of nitrogens with one attached hydrogen (secondary N) is 1. The summed E-state index contributed by atoms with van der Waals surface area (Å²) in [6, 6.07) is 0.600. The fraction of sp³-hybridized carbons (Fsp3) is 0.842. The van der Waals surface area contributed by atoms with Crippen molar-refractivity contribution in [2.24, 2.45) is 23.9 Å². The molecule has 0 spiro atoms. The van der Waals surface area contributed by atoms with Crippen LogP contribution >= 0.6 is 0 Å². The van der Waals surface area contributed by atoms with Gasteiger partial charge >= 0.3 is 0 Å². The zero-order chi connectivity index (χ0) is 17.2. The summed E-state index contributed by atoms with van der Waals surface area (Å²) < 4.78 is 2.04. The van der Waals surface area contributed by atoms with E-state index < -0.39 is 0 Å². The lowest BCUT2D eigenvalue weighted by molar-refractivity contribution is 0.299. The van der Waals surface area contributed by atoms with Crippen molar-refractivity contribution in [2.75, 3.05) is 13.1 Å². The first-order chi connectivity index (χ1) is 12.2. The number of hydrogen-bond donors (Lipinski definition) is 1. The number of aliphatic imine (C=N–C) groups is 1. The summed E-state index contributed by atoms with van der Waals surface area (Å²) in [5.74, 6) is 4.76. The van der Waals surface area contributed by atoms with Crippen LogP contribution in [0.5, 0.6) is 0 Å². The Morgan fingerprint density at radius 3 is 2.28 bits per heavy atom. The van der Waals surface area contributed by atoms with E-state index >= 15 is 0 Å². The van der Waals surface area contributed by atoms with Gasteiger partial charge in [-0.25, -0.2) is 4.99 Å². The van der Waals surface area contributed by atoms with Gasteiger partial charge in [0, 0.05) is 26.2 Å². The van der Waals surface area contributed by atoms with Crippen molar-refractivity contribution in [3.8, 4) is 0 Å². The molecule has 0 amide bonds. The van der Waals surface area contributed by atoms with Gasteiger partial charge in [0.25, 0.3) is 0 Å². The van der Waals surface area contributed by atoms with Crippen LogP contribution in [0, 0.1) is 18.8 Å². The molecule has 3 fully saturated rings. The van der Waals surface area contributed by atoms with E-state index in [1.165, 1.54) is 64.5 Å². The third-order valence-electron chi connectivity index (χ3n) is 6.52. The molecule has 2 atom stereocenters. The minimum atomic E-state index is 0.600. The Hall–Kier alpha value is -1.59. The number of fused-ring (bicyclic) bond motifs is 1. The highest BCUT2D eigenvalue weighted by Crippen LogP contribution is 2.36. The second-order valence-electron chi connectivity index (χ2n) is 8.20. The van der Waals surface area contributed by atoms with Gasteiger partial charge in [-0.05, 0) is 44.4 Å². The number of rotatable bonds is 3. The van der Waals surface area contributed by atoms with Crippen molar-refractivity contribution in [1.82, 2.24) is 25.0 Å². The summed E-state index contributed by atoms with van der Waals surface area (Å²) in [6.45, 7) is 4.96. The monoisotopic (exact) mass is 344 g/mol. The zero-order valence-corrected chi connectivity index (χ0v) is 15.7. The summed E-state index contributed by atoms with van der Waals surface area (Å²) in [4.78, 5) is 7.51. The average molecular weight is 345 g/mol. The van der Waals surface area contributed by atoms with Gasteiger partial charge in [-0.2, -0.15) is 0 Å². The molecule has 1 aromatic heterocycles. The first-order valence-electron chi connectivity index (χ1n) is 10.1. The molecule has 138 valence electrons. The van der Waals surface area contributed by atoms with Crippen molar-refractivity contribution in [2.45, 2.75) is 70.9 Å². The summed E-state index contributed by atoms with van der Waals surface area (Å²) >= 11 is 0. The Morgan fingerprint density at radius 2 is 1.68 bits per heavy atom. The van der Waals surface area contributed by atoms with Crippen LogP contribution in [0.1, 0.15) is 63.0 Å². The largest absolute Gasteiger partial charge is 0.353 e. The molecule has 3 aliphatic rings. The first kappa shape index (κ1) is 16.9. The Kier molecular flexibility index (Phi) is 4.95. The van der Waals surface area contributed by atoms with Crippen molar-refractivity contribution in [3.05, 3.63) is 11.6 Å². The van der Waals surface area contributed by atoms with E-state index in [0.717, 1.165) is 29.4 Å². The molecule has 0 radical (unpaired) electrons. The molecule has 1 N–H and O–H groups in total. The Labute approximate surface area is 151 Å². The van der Waals surface area contributed by atoms with Crippen LogP contribution in [-0.2, 0) is 13.6 Å². The van der Waals surface area contributed by atoms with Crippen LogP contribution in [0.3, 0.4) is 0 Å². The highest BCUT2D eigenvalue weighted by atomic mass is 15.3. The predicted octanol–water partition coefficient (Wildman–Crippen LogP) is 2.63. The quantitative estimate of drug-likeness (QED) is 0.676. The lowest BCUT2D eigenvalue weighted by Gasteiger charge is -2.25. The highest BCUT2D eigenvalue weighted by Gasteiger charge is 2.36. The zero-order valence-electron chi connectivity index (χ0n) is 15.7. The van der Waals surface area contributed by atoms with Crippen LogP contribution in [0.2, 0.25) is 0 Å². The molecule has 4 rings (SSSR count). The summed E-state index contributed by atoms with van der Waals surface area (Å²) in [7, 11) is 2.02. The summed E-state index contributed by atoms with van der Waals surface area (Å²) in [6.07, 6.45) is 10.9. The smallest absolute Gasteiger partial charge is 0.194 e. The molecule has 0 bridgehead atoms. The summed E-state index contributed by atoms with van der Waals surface area (Å²) in [5.41, 5.74) is 0. The number of aromatic nitrogens is 3. The van der Waals surface area contributed by atoms with Crippen molar-refractivity contribution in [1.29, 1.82) is 0 Å². The van der Waals surface area contributed by atoms with Gasteiger partial charge in [-0.1, -0.05) is 25.7 Å². The fourth-order valence-corrected chi connectivity index (χ4v) is 4.80. The maximum atomic E-state index is 4.98. The second kappa shape index (κ2) is 7.34. The molecule has 6 heteroatoms. The Morgan fingerprint density at radius 1 is 1.04 bits per heavy atom. The standard InChI is InChI=1S/C19H32N6/c1-14-22-23-18(24(14)2)11-20-19(21-17-9-5-6-10-17)25-12-15-7-3-4-8-16(15)13-25/h15-17H,3-13H2,1-2H3,(H,20,21). The number of nitrogens with zero attached hydrogens (tertiary/aromatic N) is 5. The van der Waals surface area contributed by atoms with Gasteiger partial charge in [-0.15, -0.1) is 10.2 Å². The van der Waals surface area contributed by atoms with E-state index in [0.29, 0.717) is 12.6 Å². The molecule has 2 unspecified atom stereocenters. The number of likely N-dealkylation sites (tertiary alicyclic amines) is 1. The van der Waals surface area contributed by atoms with E-state index in [1.54, 1.807) is 0 Å². The average Bonchev–Trinajstić information content (AvgIpc) is 3.34. The van der Waals surface area contributed by atoms with Crippen LogP contribution in [-0.4, -0.2) is 44.8 Å². The van der Waals surface area contributed by atoms with Crippen molar-refractivity contribution in [3.63, 3.8) is 0 Å². The third-order valence-corrected chi connectivity index (χ3v) is 6.52. The van der Waals surface area contributed by atoms with E-state index in [9.17, 15) is 0 Å². The molecule has 2 saturated carbocycles. The van der Waals surface area contributed by atoms with Gasteiger partial charge in [0.15, 0.2) is 11.8 Å². The predicted molar refractivity (Wildman–Crippen MR) is 99.3 cm³/mol. The number of hydrogen-bond acceptors (Lipinski definition) is 3. The molecule has 1 aromatic rings. The third kappa shape index (κ3) is 3.67. The molecule has 2 aliphatic carbocycles. The van der Waals surface area contributed by atoms with Gasteiger partial charge < -0.3 is 14.8 Å². The maximum Gasteiger partial charge on any atom is 0.194 e.